The third kappa shape index (κ3) is 2.41. The Hall–Kier alpha value is -0.180. The minimum Gasteiger partial charge on any atom is -0.316 e. The number of nitrogens with one attached hydrogen (secondary N) is 1. The Morgan fingerprint density at radius 3 is 2.58 bits per heavy atom. The van der Waals surface area contributed by atoms with E-state index in [1.165, 1.54) is 0 Å². The van der Waals surface area contributed by atoms with Crippen LogP contribution in [0.5, 0.6) is 0 Å². The maximum Gasteiger partial charge on any atom is 0.250 e. The molecule has 1 nitrogen and oxygen atoms in total. The monoisotopic (exact) mass is 177 g/mol. The average Bonchev–Trinajstić information content (AvgIpc) is 2.38. The Bertz CT molecular complexity index is 139. The summed E-state index contributed by atoms with van der Waals surface area (Å²) < 4.78 is 26.3. The minimum absolute atomic E-state index is 0.0532. The molecule has 1 heterocycles. The zero-order valence-corrected chi connectivity index (χ0v) is 7.74. The molecule has 0 bridgehead atoms. The quantitative estimate of drug-likeness (QED) is 0.697. The molecule has 1 atom stereocenters. The van der Waals surface area contributed by atoms with Gasteiger partial charge in [0.15, 0.2) is 0 Å². The standard InChI is InChI=1S/C9H17F2N/c1-7(2)9(10,11)5-8-3-4-12-6-8/h7-8,12H,3-6H2,1-2H3. The van der Waals surface area contributed by atoms with E-state index in [0.29, 0.717) is 0 Å². The Morgan fingerprint density at radius 1 is 1.50 bits per heavy atom. The lowest BCUT2D eigenvalue weighted by molar-refractivity contribution is -0.0632. The van der Waals surface area contributed by atoms with Gasteiger partial charge in [-0.1, -0.05) is 13.8 Å². The van der Waals surface area contributed by atoms with Crippen molar-refractivity contribution in [1.82, 2.24) is 5.32 Å². The van der Waals surface area contributed by atoms with E-state index in [0.717, 1.165) is 19.5 Å². The zero-order valence-electron chi connectivity index (χ0n) is 7.74. The van der Waals surface area contributed by atoms with Crippen molar-refractivity contribution in [3.05, 3.63) is 0 Å². The first kappa shape index (κ1) is 9.90. The van der Waals surface area contributed by atoms with Crippen LogP contribution in [0.3, 0.4) is 0 Å². The maximum absolute atomic E-state index is 13.2. The highest BCUT2D eigenvalue weighted by atomic mass is 19.3. The van der Waals surface area contributed by atoms with Crippen molar-refractivity contribution < 1.29 is 8.78 Å². The van der Waals surface area contributed by atoms with E-state index >= 15 is 0 Å². The van der Waals surface area contributed by atoms with E-state index in [1.54, 1.807) is 13.8 Å². The molecule has 72 valence electrons. The van der Waals surface area contributed by atoms with Crippen LogP contribution in [0.2, 0.25) is 0 Å². The van der Waals surface area contributed by atoms with Gasteiger partial charge in [0.25, 0.3) is 5.92 Å². The fourth-order valence-electron chi connectivity index (χ4n) is 1.51. The Labute approximate surface area is 72.5 Å². The van der Waals surface area contributed by atoms with Gasteiger partial charge < -0.3 is 5.32 Å². The summed E-state index contributed by atoms with van der Waals surface area (Å²) in [6, 6.07) is 0. The van der Waals surface area contributed by atoms with E-state index in [1.807, 2.05) is 0 Å². The summed E-state index contributed by atoms with van der Waals surface area (Å²) in [5, 5.41) is 3.10. The molecule has 1 fully saturated rings. The van der Waals surface area contributed by atoms with Crippen molar-refractivity contribution in [2.45, 2.75) is 32.6 Å². The van der Waals surface area contributed by atoms with Crippen molar-refractivity contribution in [1.29, 1.82) is 0 Å². The molecule has 3 heteroatoms. The second kappa shape index (κ2) is 3.69. The second-order valence-corrected chi connectivity index (χ2v) is 3.98. The number of halogens is 2. The first-order valence-corrected chi connectivity index (χ1v) is 4.61. The molecule has 0 aliphatic carbocycles. The second-order valence-electron chi connectivity index (χ2n) is 3.98. The van der Waals surface area contributed by atoms with Crippen LogP contribution in [0.25, 0.3) is 0 Å². The molecule has 0 radical (unpaired) electrons. The average molecular weight is 177 g/mol. The summed E-state index contributed by atoms with van der Waals surface area (Å²) in [5.41, 5.74) is 0. The first-order valence-electron chi connectivity index (χ1n) is 4.61. The number of hydrogen-bond donors (Lipinski definition) is 1. The van der Waals surface area contributed by atoms with Crippen molar-refractivity contribution in [2.75, 3.05) is 13.1 Å². The molecule has 0 aromatic carbocycles. The van der Waals surface area contributed by atoms with Crippen LogP contribution in [0.15, 0.2) is 0 Å². The number of rotatable bonds is 3. The summed E-state index contributed by atoms with van der Waals surface area (Å²) in [5.74, 6) is -2.82. The van der Waals surface area contributed by atoms with Crippen LogP contribution in [0.1, 0.15) is 26.7 Å². The Balaban J connectivity index is 2.37. The van der Waals surface area contributed by atoms with E-state index in [-0.39, 0.29) is 12.3 Å². The van der Waals surface area contributed by atoms with Crippen LogP contribution in [0.4, 0.5) is 8.78 Å². The summed E-state index contributed by atoms with van der Waals surface area (Å²) in [6.07, 6.45) is 0.958. The van der Waals surface area contributed by atoms with Gasteiger partial charge in [0.1, 0.15) is 0 Å². The largest absolute Gasteiger partial charge is 0.316 e. The molecule has 1 saturated heterocycles. The lowest BCUT2D eigenvalue weighted by atomic mass is 9.93. The summed E-state index contributed by atoms with van der Waals surface area (Å²) in [7, 11) is 0. The number of hydrogen-bond acceptors (Lipinski definition) is 1. The smallest absolute Gasteiger partial charge is 0.250 e. The minimum atomic E-state index is -2.48. The van der Waals surface area contributed by atoms with Crippen molar-refractivity contribution in [3.63, 3.8) is 0 Å². The molecule has 1 aliphatic heterocycles. The van der Waals surface area contributed by atoms with Gasteiger partial charge in [0, 0.05) is 12.3 Å². The summed E-state index contributed by atoms with van der Waals surface area (Å²) in [4.78, 5) is 0. The van der Waals surface area contributed by atoms with Gasteiger partial charge >= 0.3 is 0 Å². The van der Waals surface area contributed by atoms with Crippen molar-refractivity contribution in [3.8, 4) is 0 Å². The van der Waals surface area contributed by atoms with Gasteiger partial charge in [0.05, 0.1) is 0 Å². The predicted molar refractivity (Wildman–Crippen MR) is 45.4 cm³/mol. The molecule has 0 aromatic heterocycles. The molecule has 1 rings (SSSR count). The topological polar surface area (TPSA) is 12.0 Å². The maximum atomic E-state index is 13.2. The number of alkyl halides is 2. The molecule has 12 heavy (non-hydrogen) atoms. The molecule has 0 saturated carbocycles. The Kier molecular flexibility index (Phi) is 3.04. The lowest BCUT2D eigenvalue weighted by Crippen LogP contribution is -2.28. The molecule has 0 amide bonds. The van der Waals surface area contributed by atoms with Crippen LogP contribution in [-0.2, 0) is 0 Å². The highest BCUT2D eigenvalue weighted by Crippen LogP contribution is 2.32. The van der Waals surface area contributed by atoms with E-state index in [9.17, 15) is 8.78 Å². The molecule has 0 spiro atoms. The van der Waals surface area contributed by atoms with E-state index in [2.05, 4.69) is 5.32 Å². The fraction of sp³-hybridized carbons (Fsp3) is 1.00. The van der Waals surface area contributed by atoms with Gasteiger partial charge in [-0.15, -0.1) is 0 Å². The SMILES string of the molecule is CC(C)C(F)(F)CC1CCNC1. The van der Waals surface area contributed by atoms with Gasteiger partial charge in [-0.05, 0) is 25.4 Å². The molecule has 1 N–H and O–H groups in total. The van der Waals surface area contributed by atoms with Crippen molar-refractivity contribution in [2.24, 2.45) is 11.8 Å². The normalized spacial score (nSPS) is 25.2. The summed E-state index contributed by atoms with van der Waals surface area (Å²) >= 11 is 0. The van der Waals surface area contributed by atoms with Crippen LogP contribution < -0.4 is 5.32 Å². The first-order chi connectivity index (χ1) is 5.52. The Morgan fingerprint density at radius 2 is 2.17 bits per heavy atom. The molecular weight excluding hydrogens is 160 g/mol. The van der Waals surface area contributed by atoms with E-state index in [4.69, 9.17) is 0 Å². The summed E-state index contributed by atoms with van der Waals surface area (Å²) in [6.45, 7) is 4.84. The molecule has 1 aliphatic rings. The zero-order chi connectivity index (χ0) is 9.19. The van der Waals surface area contributed by atoms with Crippen molar-refractivity contribution >= 4 is 0 Å². The molecule has 1 unspecified atom stereocenters. The van der Waals surface area contributed by atoms with Gasteiger partial charge in [0.2, 0.25) is 0 Å². The van der Waals surface area contributed by atoms with Gasteiger partial charge in [-0.25, -0.2) is 8.78 Å². The van der Waals surface area contributed by atoms with E-state index < -0.39 is 11.8 Å². The van der Waals surface area contributed by atoms with Crippen LogP contribution >= 0.6 is 0 Å². The van der Waals surface area contributed by atoms with Gasteiger partial charge in [-0.3, -0.25) is 0 Å². The third-order valence-corrected chi connectivity index (χ3v) is 2.57. The van der Waals surface area contributed by atoms with Crippen LogP contribution in [-0.4, -0.2) is 19.0 Å². The van der Waals surface area contributed by atoms with Crippen LogP contribution in [0, 0.1) is 11.8 Å². The highest BCUT2D eigenvalue weighted by Gasteiger charge is 2.36. The molecular formula is C9H17F2N. The lowest BCUT2D eigenvalue weighted by Gasteiger charge is -2.23. The third-order valence-electron chi connectivity index (χ3n) is 2.57. The predicted octanol–water partition coefficient (Wildman–Crippen LogP) is 2.28. The van der Waals surface area contributed by atoms with Gasteiger partial charge in [-0.2, -0.15) is 0 Å². The molecule has 0 aromatic rings. The fourth-order valence-corrected chi connectivity index (χ4v) is 1.51. The highest BCUT2D eigenvalue weighted by molar-refractivity contribution is 4.80.